The van der Waals surface area contributed by atoms with Crippen molar-refractivity contribution >= 4 is 27.8 Å². The summed E-state index contributed by atoms with van der Waals surface area (Å²) in [7, 11) is 1.74. The third-order valence-corrected chi connectivity index (χ3v) is 4.39. The van der Waals surface area contributed by atoms with Gasteiger partial charge >= 0.3 is 5.97 Å². The predicted octanol–water partition coefficient (Wildman–Crippen LogP) is 2.91. The number of hydrogen-bond donors (Lipinski definition) is 1. The number of aliphatic carboxylic acids is 1. The molecule has 4 nitrogen and oxygen atoms in total. The quantitative estimate of drug-likeness (QED) is 0.917. The molecule has 2 rings (SSSR count). The molecular formula is C15H18BrNO3. The van der Waals surface area contributed by atoms with E-state index in [1.165, 1.54) is 0 Å². The Kier molecular flexibility index (Phi) is 4.81. The number of carbonyl (C=O) groups is 2. The Morgan fingerprint density at radius 3 is 2.45 bits per heavy atom. The molecule has 0 heterocycles. The molecule has 2 atom stereocenters. The molecule has 0 radical (unpaired) electrons. The van der Waals surface area contributed by atoms with Gasteiger partial charge in [0, 0.05) is 18.1 Å². The van der Waals surface area contributed by atoms with Crippen LogP contribution in [0.3, 0.4) is 0 Å². The molecule has 108 valence electrons. The second-order valence-corrected chi connectivity index (χ2v) is 6.22. The van der Waals surface area contributed by atoms with E-state index in [1.54, 1.807) is 11.9 Å². The number of carbonyl (C=O) groups excluding carboxylic acids is 1. The molecule has 1 N–H and O–H groups in total. The molecule has 0 unspecified atom stereocenters. The van der Waals surface area contributed by atoms with E-state index in [2.05, 4.69) is 15.9 Å². The lowest BCUT2D eigenvalue weighted by molar-refractivity contribution is -0.148. The maximum atomic E-state index is 12.4. The van der Waals surface area contributed by atoms with Crippen molar-refractivity contribution < 1.29 is 14.7 Å². The third kappa shape index (κ3) is 3.39. The highest BCUT2D eigenvalue weighted by Gasteiger charge is 2.38. The van der Waals surface area contributed by atoms with E-state index in [0.717, 1.165) is 16.5 Å². The van der Waals surface area contributed by atoms with Crippen LogP contribution in [0.15, 0.2) is 28.7 Å². The second-order valence-electron chi connectivity index (χ2n) is 5.30. The first kappa shape index (κ1) is 15.0. The summed E-state index contributed by atoms with van der Waals surface area (Å²) in [4.78, 5) is 25.2. The maximum absolute atomic E-state index is 12.4. The number of nitrogens with zero attached hydrogens (tertiary/aromatic N) is 1. The van der Waals surface area contributed by atoms with Gasteiger partial charge < -0.3 is 10.0 Å². The van der Waals surface area contributed by atoms with Crippen molar-refractivity contribution in [2.75, 3.05) is 7.05 Å². The molecule has 1 saturated carbocycles. The number of rotatable bonds is 4. The van der Waals surface area contributed by atoms with E-state index in [-0.39, 0.29) is 11.8 Å². The number of carboxylic acids is 1. The van der Waals surface area contributed by atoms with Gasteiger partial charge in [-0.15, -0.1) is 0 Å². The summed E-state index contributed by atoms with van der Waals surface area (Å²) in [6.07, 6.45) is 2.11. The third-order valence-electron chi connectivity index (χ3n) is 3.86. The van der Waals surface area contributed by atoms with E-state index < -0.39 is 11.9 Å². The standard InChI is InChI=1S/C15H18BrNO3/c1-17(9-10-5-7-11(16)8-6-10)14(18)12-3-2-4-13(12)15(19)20/h5-8,12-13H,2-4,9H2,1H3,(H,19,20)/t12-,13+/m1/s1. The Bertz CT molecular complexity index is 500. The first-order chi connectivity index (χ1) is 9.49. The lowest BCUT2D eigenvalue weighted by Crippen LogP contribution is -2.36. The van der Waals surface area contributed by atoms with E-state index in [0.29, 0.717) is 19.4 Å². The number of carboxylic acid groups (broad SMARTS) is 1. The van der Waals surface area contributed by atoms with Crippen LogP contribution in [0.2, 0.25) is 0 Å². The van der Waals surface area contributed by atoms with Crippen LogP contribution in [0, 0.1) is 11.8 Å². The summed E-state index contributed by atoms with van der Waals surface area (Å²) >= 11 is 3.37. The Morgan fingerprint density at radius 1 is 1.25 bits per heavy atom. The zero-order valence-corrected chi connectivity index (χ0v) is 13.0. The van der Waals surface area contributed by atoms with Gasteiger partial charge in [0.2, 0.25) is 5.91 Å². The SMILES string of the molecule is CN(Cc1ccc(Br)cc1)C(=O)[C@@H]1CCC[C@@H]1C(=O)O. The minimum atomic E-state index is -0.849. The van der Waals surface area contributed by atoms with Crippen LogP contribution in [0.5, 0.6) is 0 Å². The number of benzene rings is 1. The predicted molar refractivity (Wildman–Crippen MR) is 79.1 cm³/mol. The van der Waals surface area contributed by atoms with Crippen LogP contribution in [0.4, 0.5) is 0 Å². The number of halogens is 1. The minimum Gasteiger partial charge on any atom is -0.481 e. The molecule has 1 aliphatic rings. The Labute approximate surface area is 126 Å². The Morgan fingerprint density at radius 2 is 1.85 bits per heavy atom. The average Bonchev–Trinajstić information content (AvgIpc) is 2.90. The zero-order chi connectivity index (χ0) is 14.7. The summed E-state index contributed by atoms with van der Waals surface area (Å²) in [5, 5.41) is 9.16. The molecule has 5 heteroatoms. The molecule has 0 spiro atoms. The van der Waals surface area contributed by atoms with Crippen LogP contribution >= 0.6 is 15.9 Å². The number of hydrogen-bond acceptors (Lipinski definition) is 2. The fourth-order valence-corrected chi connectivity index (χ4v) is 3.04. The monoisotopic (exact) mass is 339 g/mol. The van der Waals surface area contributed by atoms with Gasteiger partial charge in [0.25, 0.3) is 0 Å². The van der Waals surface area contributed by atoms with Crippen LogP contribution in [-0.4, -0.2) is 28.9 Å². The van der Waals surface area contributed by atoms with Gasteiger partial charge in [-0.2, -0.15) is 0 Å². The van der Waals surface area contributed by atoms with Crippen LogP contribution in [0.1, 0.15) is 24.8 Å². The van der Waals surface area contributed by atoms with E-state index in [1.807, 2.05) is 24.3 Å². The topological polar surface area (TPSA) is 57.6 Å². The first-order valence-corrected chi connectivity index (χ1v) is 7.50. The van der Waals surface area contributed by atoms with E-state index >= 15 is 0 Å². The lowest BCUT2D eigenvalue weighted by Gasteiger charge is -2.23. The largest absolute Gasteiger partial charge is 0.481 e. The van der Waals surface area contributed by atoms with Gasteiger partial charge in [-0.25, -0.2) is 0 Å². The van der Waals surface area contributed by atoms with Gasteiger partial charge in [0.05, 0.1) is 11.8 Å². The smallest absolute Gasteiger partial charge is 0.307 e. The molecule has 0 aliphatic heterocycles. The summed E-state index contributed by atoms with van der Waals surface area (Å²) < 4.78 is 0.997. The highest BCUT2D eigenvalue weighted by atomic mass is 79.9. The molecule has 0 saturated heterocycles. The minimum absolute atomic E-state index is 0.0576. The Balaban J connectivity index is 2.01. The molecule has 20 heavy (non-hydrogen) atoms. The van der Waals surface area contributed by atoms with Gasteiger partial charge in [-0.1, -0.05) is 34.5 Å². The van der Waals surface area contributed by atoms with E-state index in [9.17, 15) is 9.59 Å². The molecular weight excluding hydrogens is 322 g/mol. The van der Waals surface area contributed by atoms with Crippen molar-refractivity contribution in [2.24, 2.45) is 11.8 Å². The van der Waals surface area contributed by atoms with Crippen molar-refractivity contribution in [2.45, 2.75) is 25.8 Å². The molecule has 1 aromatic carbocycles. The Hall–Kier alpha value is -1.36. The lowest BCUT2D eigenvalue weighted by atomic mass is 9.95. The van der Waals surface area contributed by atoms with Gasteiger partial charge in [-0.3, -0.25) is 9.59 Å². The highest BCUT2D eigenvalue weighted by Crippen LogP contribution is 2.33. The van der Waals surface area contributed by atoms with Crippen LogP contribution in [-0.2, 0) is 16.1 Å². The average molecular weight is 340 g/mol. The fraction of sp³-hybridized carbons (Fsp3) is 0.467. The summed E-state index contributed by atoms with van der Waals surface area (Å²) in [5.41, 5.74) is 1.04. The second kappa shape index (κ2) is 6.39. The summed E-state index contributed by atoms with van der Waals surface area (Å²) in [6.45, 7) is 0.509. The van der Waals surface area contributed by atoms with Gasteiger partial charge in [0.15, 0.2) is 0 Å². The fourth-order valence-electron chi connectivity index (χ4n) is 2.78. The normalized spacial score (nSPS) is 21.7. The van der Waals surface area contributed by atoms with Gasteiger partial charge in [-0.05, 0) is 30.5 Å². The number of amides is 1. The van der Waals surface area contributed by atoms with Crippen molar-refractivity contribution in [3.05, 3.63) is 34.3 Å². The van der Waals surface area contributed by atoms with Crippen molar-refractivity contribution in [1.82, 2.24) is 4.90 Å². The van der Waals surface area contributed by atoms with Crippen molar-refractivity contribution in [3.8, 4) is 0 Å². The summed E-state index contributed by atoms with van der Waals surface area (Å²) in [6, 6.07) is 7.78. The molecule has 1 aliphatic carbocycles. The van der Waals surface area contributed by atoms with Crippen molar-refractivity contribution in [3.63, 3.8) is 0 Å². The molecule has 1 aromatic rings. The van der Waals surface area contributed by atoms with E-state index in [4.69, 9.17) is 5.11 Å². The highest BCUT2D eigenvalue weighted by molar-refractivity contribution is 9.10. The molecule has 1 amide bonds. The van der Waals surface area contributed by atoms with Crippen molar-refractivity contribution in [1.29, 1.82) is 0 Å². The zero-order valence-electron chi connectivity index (χ0n) is 11.4. The van der Waals surface area contributed by atoms with Gasteiger partial charge in [0.1, 0.15) is 0 Å². The molecule has 1 fully saturated rings. The van der Waals surface area contributed by atoms with Crippen LogP contribution < -0.4 is 0 Å². The summed E-state index contributed by atoms with van der Waals surface area (Å²) in [5.74, 6) is -1.79. The molecule has 0 bridgehead atoms. The maximum Gasteiger partial charge on any atom is 0.307 e. The molecule has 0 aromatic heterocycles. The first-order valence-electron chi connectivity index (χ1n) is 6.71. The van der Waals surface area contributed by atoms with Crippen LogP contribution in [0.25, 0.3) is 0 Å².